The van der Waals surface area contributed by atoms with Crippen LogP contribution in [0.15, 0.2) is 35.5 Å². The number of hydrogen-bond donors (Lipinski definition) is 3. The number of likely N-dealkylation sites (N-methyl/N-ethyl adjacent to an activating group) is 1. The summed E-state index contributed by atoms with van der Waals surface area (Å²) in [6.45, 7) is 2.83. The van der Waals surface area contributed by atoms with Crippen LogP contribution in [-0.2, 0) is 11.2 Å². The topological polar surface area (TPSA) is 120 Å². The second-order valence-electron chi connectivity index (χ2n) is 7.64. The number of nitrogens with zero attached hydrogens (tertiary/aromatic N) is 3. The Morgan fingerprint density at radius 2 is 2.03 bits per heavy atom. The Morgan fingerprint density at radius 1 is 1.23 bits per heavy atom. The summed E-state index contributed by atoms with van der Waals surface area (Å²) in [5.41, 5.74) is 1.75. The summed E-state index contributed by atoms with van der Waals surface area (Å²) in [5.74, 6) is -0.193. The highest BCUT2D eigenvalue weighted by Crippen LogP contribution is 2.24. The lowest BCUT2D eigenvalue weighted by molar-refractivity contribution is -0.122. The van der Waals surface area contributed by atoms with Crippen LogP contribution in [0, 0.1) is 6.92 Å². The summed E-state index contributed by atoms with van der Waals surface area (Å²) >= 11 is 0. The lowest BCUT2D eigenvalue weighted by atomic mass is 10.1. The third kappa shape index (κ3) is 5.73. The molecule has 1 saturated heterocycles. The molecule has 2 amide bonds. The molecular formula is C21H28N6O3. The van der Waals surface area contributed by atoms with Gasteiger partial charge in [-0.3, -0.25) is 24.3 Å². The first kappa shape index (κ1) is 21.6. The van der Waals surface area contributed by atoms with Gasteiger partial charge in [-0.05, 0) is 38.4 Å². The van der Waals surface area contributed by atoms with E-state index in [1.807, 2.05) is 26.1 Å². The highest BCUT2D eigenvalue weighted by atomic mass is 16.2. The molecule has 160 valence electrons. The molecular weight excluding hydrogens is 384 g/mol. The fraction of sp³-hybridized carbons (Fsp3) is 0.476. The predicted molar refractivity (Wildman–Crippen MR) is 112 cm³/mol. The number of amides is 2. The first-order valence-electron chi connectivity index (χ1n) is 10.2. The monoisotopic (exact) mass is 412 g/mol. The van der Waals surface area contributed by atoms with E-state index in [4.69, 9.17) is 0 Å². The number of H-pyrrole nitrogens is 1. The molecule has 2 aromatic rings. The molecule has 3 heterocycles. The Labute approximate surface area is 175 Å². The van der Waals surface area contributed by atoms with Crippen molar-refractivity contribution in [3.05, 3.63) is 58.0 Å². The maximum atomic E-state index is 12.4. The maximum Gasteiger partial charge on any atom is 0.270 e. The number of aryl methyl sites for hydroxylation is 1. The van der Waals surface area contributed by atoms with Gasteiger partial charge in [-0.1, -0.05) is 6.07 Å². The summed E-state index contributed by atoms with van der Waals surface area (Å²) in [4.78, 5) is 48.8. The van der Waals surface area contributed by atoms with Gasteiger partial charge in [-0.25, -0.2) is 4.98 Å². The fourth-order valence-corrected chi connectivity index (χ4v) is 3.76. The zero-order valence-electron chi connectivity index (χ0n) is 17.4. The molecule has 3 rings (SSSR count). The van der Waals surface area contributed by atoms with Gasteiger partial charge in [0.25, 0.3) is 11.5 Å². The Kier molecular flexibility index (Phi) is 7.29. The van der Waals surface area contributed by atoms with E-state index in [2.05, 4.69) is 30.5 Å². The molecule has 9 nitrogen and oxygen atoms in total. The number of hydrogen-bond acceptors (Lipinski definition) is 6. The molecule has 30 heavy (non-hydrogen) atoms. The smallest absolute Gasteiger partial charge is 0.270 e. The SMILES string of the molecule is Cc1cccnc1C(=O)NC[C@@H]1CC[C@H](CC(=O)NCCc2cc(=O)[nH]cn2)N1C. The molecule has 9 heteroatoms. The highest BCUT2D eigenvalue weighted by molar-refractivity contribution is 5.93. The van der Waals surface area contributed by atoms with Gasteiger partial charge in [-0.15, -0.1) is 0 Å². The molecule has 0 bridgehead atoms. The van der Waals surface area contributed by atoms with Crippen LogP contribution in [0.3, 0.4) is 0 Å². The molecule has 2 aromatic heterocycles. The van der Waals surface area contributed by atoms with E-state index >= 15 is 0 Å². The largest absolute Gasteiger partial charge is 0.356 e. The number of nitrogens with one attached hydrogen (secondary N) is 3. The van der Waals surface area contributed by atoms with Crippen molar-refractivity contribution in [2.75, 3.05) is 20.1 Å². The summed E-state index contributed by atoms with van der Waals surface area (Å²) in [6.07, 6.45) is 5.72. The predicted octanol–water partition coefficient (Wildman–Crippen LogP) is 0.415. The zero-order valence-corrected chi connectivity index (χ0v) is 17.4. The third-order valence-electron chi connectivity index (χ3n) is 5.57. The van der Waals surface area contributed by atoms with E-state index in [-0.39, 0.29) is 29.5 Å². The minimum atomic E-state index is -0.199. The number of aromatic nitrogens is 3. The van der Waals surface area contributed by atoms with Crippen molar-refractivity contribution in [2.24, 2.45) is 0 Å². The minimum absolute atomic E-state index is 0.0227. The first-order chi connectivity index (χ1) is 14.4. The number of likely N-dealkylation sites (tertiary alicyclic amines) is 1. The molecule has 0 unspecified atom stereocenters. The standard InChI is InChI=1S/C21H28N6O3/c1-14-4-3-8-23-20(14)21(30)24-12-17-6-5-16(27(17)2)11-19(29)22-9-7-15-10-18(28)26-13-25-15/h3-4,8,10,13,16-17H,5-7,9,11-12H2,1-2H3,(H,22,29)(H,24,30)(H,25,26,28)/t16-,17+/m1/s1. The van der Waals surface area contributed by atoms with Gasteiger partial charge in [-0.2, -0.15) is 0 Å². The van der Waals surface area contributed by atoms with Gasteiger partial charge < -0.3 is 15.6 Å². The fourth-order valence-electron chi connectivity index (χ4n) is 3.76. The van der Waals surface area contributed by atoms with Crippen molar-refractivity contribution >= 4 is 11.8 Å². The van der Waals surface area contributed by atoms with E-state index in [1.54, 1.807) is 6.20 Å². The van der Waals surface area contributed by atoms with Crippen molar-refractivity contribution in [3.8, 4) is 0 Å². The second kappa shape index (κ2) is 10.1. The number of pyridine rings is 1. The van der Waals surface area contributed by atoms with Gasteiger partial charge in [0.1, 0.15) is 5.69 Å². The van der Waals surface area contributed by atoms with E-state index in [0.717, 1.165) is 18.4 Å². The number of aromatic amines is 1. The summed E-state index contributed by atoms with van der Waals surface area (Å²) in [7, 11) is 1.99. The molecule has 2 atom stereocenters. The molecule has 1 fully saturated rings. The van der Waals surface area contributed by atoms with Crippen LogP contribution in [0.2, 0.25) is 0 Å². The Balaban J connectivity index is 1.40. The second-order valence-corrected chi connectivity index (χ2v) is 7.64. The molecule has 0 aromatic carbocycles. The molecule has 1 aliphatic rings. The molecule has 0 radical (unpaired) electrons. The van der Waals surface area contributed by atoms with Gasteiger partial charge in [0.05, 0.1) is 6.33 Å². The van der Waals surface area contributed by atoms with E-state index in [9.17, 15) is 14.4 Å². The lowest BCUT2D eigenvalue weighted by Crippen LogP contribution is -2.42. The third-order valence-corrected chi connectivity index (χ3v) is 5.57. The highest BCUT2D eigenvalue weighted by Gasteiger charge is 2.32. The van der Waals surface area contributed by atoms with E-state index < -0.39 is 0 Å². The maximum absolute atomic E-state index is 12.4. The van der Waals surface area contributed by atoms with Crippen molar-refractivity contribution < 1.29 is 9.59 Å². The number of carbonyl (C=O) groups excluding carboxylic acids is 2. The van der Waals surface area contributed by atoms with Crippen molar-refractivity contribution in [1.82, 2.24) is 30.5 Å². The minimum Gasteiger partial charge on any atom is -0.356 e. The molecule has 0 aliphatic carbocycles. The average Bonchev–Trinajstić information content (AvgIpc) is 3.06. The van der Waals surface area contributed by atoms with Crippen molar-refractivity contribution in [3.63, 3.8) is 0 Å². The van der Waals surface area contributed by atoms with Crippen molar-refractivity contribution in [2.45, 2.75) is 44.7 Å². The number of carbonyl (C=O) groups is 2. The first-order valence-corrected chi connectivity index (χ1v) is 10.2. The summed E-state index contributed by atoms with van der Waals surface area (Å²) in [6, 6.07) is 5.44. The van der Waals surface area contributed by atoms with Crippen molar-refractivity contribution in [1.29, 1.82) is 0 Å². The molecule has 1 aliphatic heterocycles. The lowest BCUT2D eigenvalue weighted by Gasteiger charge is -2.25. The van der Waals surface area contributed by atoms with Crippen LogP contribution in [0.4, 0.5) is 0 Å². The van der Waals surface area contributed by atoms with Gasteiger partial charge in [0.2, 0.25) is 5.91 Å². The van der Waals surface area contributed by atoms with Crippen LogP contribution >= 0.6 is 0 Å². The van der Waals surface area contributed by atoms with Crippen LogP contribution in [0.5, 0.6) is 0 Å². The van der Waals surface area contributed by atoms with Gasteiger partial charge >= 0.3 is 0 Å². The molecule has 0 spiro atoms. The van der Waals surface area contributed by atoms with E-state index in [0.29, 0.717) is 37.3 Å². The Hall–Kier alpha value is -3.07. The Bertz CT molecular complexity index is 944. The number of rotatable bonds is 8. The average molecular weight is 412 g/mol. The van der Waals surface area contributed by atoms with Crippen LogP contribution in [0.25, 0.3) is 0 Å². The van der Waals surface area contributed by atoms with Crippen LogP contribution in [-0.4, -0.2) is 63.9 Å². The normalized spacial score (nSPS) is 18.9. The quantitative estimate of drug-likeness (QED) is 0.578. The van der Waals surface area contributed by atoms with Gasteiger partial charge in [0, 0.05) is 56.0 Å². The van der Waals surface area contributed by atoms with Gasteiger partial charge in [0.15, 0.2) is 0 Å². The Morgan fingerprint density at radius 3 is 2.80 bits per heavy atom. The molecule has 3 N–H and O–H groups in total. The summed E-state index contributed by atoms with van der Waals surface area (Å²) < 4.78 is 0. The molecule has 0 saturated carbocycles. The van der Waals surface area contributed by atoms with Crippen LogP contribution < -0.4 is 16.2 Å². The van der Waals surface area contributed by atoms with Crippen LogP contribution in [0.1, 0.15) is 41.0 Å². The van der Waals surface area contributed by atoms with E-state index in [1.165, 1.54) is 12.4 Å². The zero-order chi connectivity index (χ0) is 21.5. The summed E-state index contributed by atoms with van der Waals surface area (Å²) in [5, 5.41) is 5.86.